The SMILES string of the molecule is CCCCCC(C)C1(CNC2CCN(C3(CC(C)(C)CO)CCC3)CC2)CC1. The van der Waals surface area contributed by atoms with E-state index in [4.69, 9.17) is 0 Å². The van der Waals surface area contributed by atoms with Crippen LogP contribution in [0.25, 0.3) is 0 Å². The number of nitrogens with one attached hydrogen (secondary N) is 1. The van der Waals surface area contributed by atoms with Crippen molar-refractivity contribution in [2.45, 2.75) is 116 Å². The number of hydrogen-bond acceptors (Lipinski definition) is 3. The molecule has 1 aliphatic heterocycles. The second-order valence-electron chi connectivity index (χ2n) is 11.5. The van der Waals surface area contributed by atoms with Gasteiger partial charge in [0.1, 0.15) is 0 Å². The molecule has 0 radical (unpaired) electrons. The first kappa shape index (κ1) is 22.6. The zero-order valence-corrected chi connectivity index (χ0v) is 19.4. The third kappa shape index (κ3) is 5.32. The molecule has 0 aromatic rings. The molecule has 0 spiro atoms. The molecule has 1 heterocycles. The first-order valence-electron chi connectivity index (χ1n) is 12.4. The Morgan fingerprint density at radius 3 is 2.29 bits per heavy atom. The van der Waals surface area contributed by atoms with E-state index in [1.54, 1.807) is 0 Å². The van der Waals surface area contributed by atoms with Crippen LogP contribution in [0.4, 0.5) is 0 Å². The van der Waals surface area contributed by atoms with Crippen LogP contribution in [0.3, 0.4) is 0 Å². The predicted molar refractivity (Wildman–Crippen MR) is 120 cm³/mol. The molecule has 0 amide bonds. The van der Waals surface area contributed by atoms with Crippen LogP contribution in [-0.2, 0) is 0 Å². The monoisotopic (exact) mass is 392 g/mol. The molecule has 1 unspecified atom stereocenters. The predicted octanol–water partition coefficient (Wildman–Crippen LogP) is 5.37. The summed E-state index contributed by atoms with van der Waals surface area (Å²) in [6, 6.07) is 0.722. The van der Waals surface area contributed by atoms with Gasteiger partial charge >= 0.3 is 0 Å². The van der Waals surface area contributed by atoms with Crippen molar-refractivity contribution in [3.63, 3.8) is 0 Å². The van der Waals surface area contributed by atoms with Gasteiger partial charge in [0, 0.05) is 37.8 Å². The molecule has 3 nitrogen and oxygen atoms in total. The maximum Gasteiger partial charge on any atom is 0.0482 e. The van der Waals surface area contributed by atoms with Crippen LogP contribution in [0, 0.1) is 16.7 Å². The standard InChI is InChI=1S/C25H48N2O/c1-5-6-7-9-21(2)24(14-15-24)19-26-22-10-16-27(17-11-22)25(12-8-13-25)18-23(3,4)20-28/h21-22,26,28H,5-20H2,1-4H3. The molecule has 1 atom stereocenters. The Morgan fingerprint density at radius 2 is 1.79 bits per heavy atom. The summed E-state index contributed by atoms with van der Waals surface area (Å²) < 4.78 is 0. The molecule has 3 rings (SSSR count). The van der Waals surface area contributed by atoms with Crippen molar-refractivity contribution in [1.82, 2.24) is 10.2 Å². The molecule has 3 fully saturated rings. The minimum Gasteiger partial charge on any atom is -0.396 e. The fourth-order valence-electron chi connectivity index (χ4n) is 6.05. The lowest BCUT2D eigenvalue weighted by Crippen LogP contribution is -2.59. The minimum absolute atomic E-state index is 0.0573. The van der Waals surface area contributed by atoms with E-state index in [2.05, 4.69) is 37.9 Å². The van der Waals surface area contributed by atoms with Crippen molar-refractivity contribution in [1.29, 1.82) is 0 Å². The van der Waals surface area contributed by atoms with Crippen LogP contribution in [0.15, 0.2) is 0 Å². The number of aliphatic hydroxyl groups excluding tert-OH is 1. The summed E-state index contributed by atoms with van der Waals surface area (Å²) in [7, 11) is 0. The molecule has 0 bridgehead atoms. The largest absolute Gasteiger partial charge is 0.396 e. The fourth-order valence-corrected chi connectivity index (χ4v) is 6.05. The maximum atomic E-state index is 9.75. The maximum absolute atomic E-state index is 9.75. The number of aliphatic hydroxyl groups is 1. The minimum atomic E-state index is 0.0573. The summed E-state index contributed by atoms with van der Waals surface area (Å²) in [6.45, 7) is 13.4. The number of likely N-dealkylation sites (tertiary alicyclic amines) is 1. The molecule has 28 heavy (non-hydrogen) atoms. The zero-order chi connectivity index (χ0) is 20.3. The molecule has 2 aliphatic carbocycles. The first-order chi connectivity index (χ1) is 13.3. The van der Waals surface area contributed by atoms with Gasteiger partial charge in [-0.2, -0.15) is 0 Å². The Kier molecular flexibility index (Phi) is 7.53. The Bertz CT molecular complexity index is 473. The lowest BCUT2D eigenvalue weighted by molar-refractivity contribution is -0.0444. The number of hydrogen-bond donors (Lipinski definition) is 2. The average molecular weight is 393 g/mol. The summed E-state index contributed by atoms with van der Waals surface area (Å²) >= 11 is 0. The summed E-state index contributed by atoms with van der Waals surface area (Å²) in [5.41, 5.74) is 1.08. The zero-order valence-electron chi connectivity index (χ0n) is 19.4. The molecular weight excluding hydrogens is 344 g/mol. The molecule has 3 aliphatic rings. The third-order valence-electron chi connectivity index (χ3n) is 8.61. The van der Waals surface area contributed by atoms with E-state index in [1.165, 1.54) is 90.3 Å². The van der Waals surface area contributed by atoms with E-state index in [0.29, 0.717) is 17.6 Å². The number of unbranched alkanes of at least 4 members (excludes halogenated alkanes) is 2. The first-order valence-corrected chi connectivity index (χ1v) is 12.4. The summed E-state index contributed by atoms with van der Waals surface area (Å²) in [4.78, 5) is 2.80. The molecule has 1 saturated heterocycles. The van der Waals surface area contributed by atoms with Crippen molar-refractivity contribution in [3.05, 3.63) is 0 Å². The Morgan fingerprint density at radius 1 is 1.11 bits per heavy atom. The molecular formula is C25H48N2O. The van der Waals surface area contributed by atoms with Crippen LogP contribution in [0.2, 0.25) is 0 Å². The number of piperidine rings is 1. The second-order valence-corrected chi connectivity index (χ2v) is 11.5. The van der Waals surface area contributed by atoms with Crippen molar-refractivity contribution in [3.8, 4) is 0 Å². The number of nitrogens with zero attached hydrogens (tertiary/aromatic N) is 1. The van der Waals surface area contributed by atoms with Gasteiger partial charge in [-0.25, -0.2) is 0 Å². The molecule has 2 N–H and O–H groups in total. The van der Waals surface area contributed by atoms with Gasteiger partial charge < -0.3 is 10.4 Å². The van der Waals surface area contributed by atoms with Gasteiger partial charge in [0.15, 0.2) is 0 Å². The smallest absolute Gasteiger partial charge is 0.0482 e. The van der Waals surface area contributed by atoms with Crippen LogP contribution >= 0.6 is 0 Å². The van der Waals surface area contributed by atoms with E-state index in [-0.39, 0.29) is 5.41 Å². The molecule has 0 aromatic carbocycles. The summed E-state index contributed by atoms with van der Waals surface area (Å²) in [5.74, 6) is 0.894. The van der Waals surface area contributed by atoms with Crippen molar-refractivity contribution in [2.75, 3.05) is 26.2 Å². The van der Waals surface area contributed by atoms with E-state index in [9.17, 15) is 5.11 Å². The van der Waals surface area contributed by atoms with Gasteiger partial charge in [-0.15, -0.1) is 0 Å². The Balaban J connectivity index is 1.42. The highest BCUT2D eigenvalue weighted by Gasteiger charge is 2.48. The van der Waals surface area contributed by atoms with Crippen LogP contribution < -0.4 is 5.32 Å². The van der Waals surface area contributed by atoms with Gasteiger partial charge in [-0.05, 0) is 68.1 Å². The van der Waals surface area contributed by atoms with Crippen LogP contribution in [0.1, 0.15) is 105 Å². The van der Waals surface area contributed by atoms with Crippen molar-refractivity contribution >= 4 is 0 Å². The second kappa shape index (κ2) is 9.35. The number of rotatable bonds is 12. The average Bonchev–Trinajstić information content (AvgIpc) is 3.45. The third-order valence-corrected chi connectivity index (χ3v) is 8.61. The van der Waals surface area contributed by atoms with Crippen molar-refractivity contribution < 1.29 is 5.11 Å². The van der Waals surface area contributed by atoms with Crippen LogP contribution in [-0.4, -0.2) is 47.8 Å². The molecule has 2 saturated carbocycles. The molecule has 3 heteroatoms. The van der Waals surface area contributed by atoms with Gasteiger partial charge in [-0.1, -0.05) is 53.4 Å². The van der Waals surface area contributed by atoms with E-state index < -0.39 is 0 Å². The lowest BCUT2D eigenvalue weighted by Gasteiger charge is -2.55. The van der Waals surface area contributed by atoms with Gasteiger partial charge in [0.2, 0.25) is 0 Å². The highest BCUT2D eigenvalue weighted by atomic mass is 16.3. The highest BCUT2D eigenvalue weighted by Crippen LogP contribution is 2.53. The lowest BCUT2D eigenvalue weighted by atomic mass is 9.66. The molecule has 164 valence electrons. The molecule has 0 aromatic heterocycles. The van der Waals surface area contributed by atoms with E-state index in [0.717, 1.165) is 18.4 Å². The Hall–Kier alpha value is -0.120. The van der Waals surface area contributed by atoms with Gasteiger partial charge in [0.25, 0.3) is 0 Å². The fraction of sp³-hybridized carbons (Fsp3) is 1.00. The van der Waals surface area contributed by atoms with E-state index in [1.807, 2.05) is 0 Å². The summed E-state index contributed by atoms with van der Waals surface area (Å²) in [6.07, 6.45) is 16.3. The quantitative estimate of drug-likeness (QED) is 0.438. The highest BCUT2D eigenvalue weighted by molar-refractivity contribution is 5.03. The van der Waals surface area contributed by atoms with Gasteiger partial charge in [0.05, 0.1) is 0 Å². The Labute approximate surface area is 175 Å². The normalized spacial score (nSPS) is 26.0. The summed E-state index contributed by atoms with van der Waals surface area (Å²) in [5, 5.41) is 13.8. The van der Waals surface area contributed by atoms with Gasteiger partial charge in [-0.3, -0.25) is 4.90 Å². The topological polar surface area (TPSA) is 35.5 Å². The van der Waals surface area contributed by atoms with Crippen molar-refractivity contribution in [2.24, 2.45) is 16.7 Å². The van der Waals surface area contributed by atoms with E-state index >= 15 is 0 Å². The van der Waals surface area contributed by atoms with Crippen LogP contribution in [0.5, 0.6) is 0 Å².